The third-order valence-corrected chi connectivity index (χ3v) is 1.58. The Morgan fingerprint density at radius 1 is 0.833 bits per heavy atom. The van der Waals surface area contributed by atoms with E-state index in [4.69, 9.17) is 9.47 Å². The number of hydrogen-bond acceptors (Lipinski definition) is 4. The molecule has 68 valence electrons. The molecule has 0 aromatic rings. The molecule has 0 aliphatic carbocycles. The number of hydrogen-bond donors (Lipinski definition) is 0. The van der Waals surface area contributed by atoms with Crippen molar-refractivity contribution in [2.75, 3.05) is 13.2 Å². The zero-order valence-corrected chi connectivity index (χ0v) is 6.88. The lowest BCUT2D eigenvalue weighted by atomic mass is 10.2. The minimum Gasteiger partial charge on any atom is -0.466 e. The van der Waals surface area contributed by atoms with Gasteiger partial charge in [-0.3, -0.25) is 9.59 Å². The summed E-state index contributed by atoms with van der Waals surface area (Å²) in [5.74, 6) is -0.436. The van der Waals surface area contributed by atoms with Crippen LogP contribution in [-0.2, 0) is 19.1 Å². The minimum atomic E-state index is -0.218. The summed E-state index contributed by atoms with van der Waals surface area (Å²) in [5.41, 5.74) is 0. The van der Waals surface area contributed by atoms with Crippen molar-refractivity contribution in [3.8, 4) is 0 Å². The van der Waals surface area contributed by atoms with Gasteiger partial charge in [0, 0.05) is 19.3 Å². The molecule has 1 aliphatic rings. The topological polar surface area (TPSA) is 52.6 Å². The summed E-state index contributed by atoms with van der Waals surface area (Å²) in [6, 6.07) is 0. The lowest BCUT2D eigenvalue weighted by Gasteiger charge is -2.08. The third-order valence-electron chi connectivity index (χ3n) is 1.58. The van der Waals surface area contributed by atoms with Crippen LogP contribution >= 0.6 is 0 Å². The van der Waals surface area contributed by atoms with Crippen LogP contribution in [0.1, 0.15) is 25.7 Å². The summed E-state index contributed by atoms with van der Waals surface area (Å²) in [6.07, 6.45) is 1.75. The highest BCUT2D eigenvalue weighted by atomic mass is 16.5. The van der Waals surface area contributed by atoms with Crippen molar-refractivity contribution in [1.82, 2.24) is 0 Å². The van der Waals surface area contributed by atoms with Gasteiger partial charge in [0.2, 0.25) is 0 Å². The first kappa shape index (κ1) is 9.03. The van der Waals surface area contributed by atoms with E-state index < -0.39 is 0 Å². The number of carbonyl (C=O) groups is 2. The predicted molar refractivity (Wildman–Crippen MR) is 40.4 cm³/mol. The molecule has 4 heteroatoms. The Kier molecular flexibility index (Phi) is 3.57. The Morgan fingerprint density at radius 3 is 1.83 bits per heavy atom. The Labute approximate surface area is 70.8 Å². The molecule has 0 aromatic carbocycles. The largest absolute Gasteiger partial charge is 0.466 e. The van der Waals surface area contributed by atoms with Gasteiger partial charge in [0.05, 0.1) is 13.2 Å². The monoisotopic (exact) mass is 172 g/mol. The molecule has 1 heterocycles. The molecule has 12 heavy (non-hydrogen) atoms. The van der Waals surface area contributed by atoms with Gasteiger partial charge in [-0.2, -0.15) is 0 Å². The molecule has 0 unspecified atom stereocenters. The molecule has 0 saturated carbocycles. The smallest absolute Gasteiger partial charge is 0.305 e. The van der Waals surface area contributed by atoms with Crippen LogP contribution in [0.15, 0.2) is 0 Å². The van der Waals surface area contributed by atoms with Crippen LogP contribution in [0.2, 0.25) is 0 Å². The van der Waals surface area contributed by atoms with E-state index in [0.717, 1.165) is 0 Å². The van der Waals surface area contributed by atoms with Crippen LogP contribution in [0, 0.1) is 0 Å². The van der Waals surface area contributed by atoms with Crippen molar-refractivity contribution in [3.63, 3.8) is 0 Å². The van der Waals surface area contributed by atoms with Gasteiger partial charge in [-0.1, -0.05) is 0 Å². The van der Waals surface area contributed by atoms with Crippen LogP contribution in [0.3, 0.4) is 0 Å². The maximum atomic E-state index is 10.8. The van der Waals surface area contributed by atoms with E-state index in [1.54, 1.807) is 0 Å². The summed E-state index contributed by atoms with van der Waals surface area (Å²) in [6.45, 7) is 0.707. The third kappa shape index (κ3) is 3.37. The van der Waals surface area contributed by atoms with E-state index in [-0.39, 0.29) is 11.9 Å². The molecule has 1 saturated heterocycles. The molecule has 0 radical (unpaired) electrons. The first-order chi connectivity index (χ1) is 5.79. The minimum absolute atomic E-state index is 0.218. The Balaban J connectivity index is 2.31. The van der Waals surface area contributed by atoms with Crippen LogP contribution in [0.5, 0.6) is 0 Å². The van der Waals surface area contributed by atoms with Crippen molar-refractivity contribution in [3.05, 3.63) is 0 Å². The number of ether oxygens (including phenoxy) is 2. The summed E-state index contributed by atoms with van der Waals surface area (Å²) < 4.78 is 9.65. The van der Waals surface area contributed by atoms with E-state index in [1.165, 1.54) is 0 Å². The van der Waals surface area contributed by atoms with Gasteiger partial charge < -0.3 is 9.47 Å². The van der Waals surface area contributed by atoms with Crippen LogP contribution in [0.4, 0.5) is 0 Å². The van der Waals surface area contributed by atoms with E-state index >= 15 is 0 Å². The van der Waals surface area contributed by atoms with Crippen molar-refractivity contribution in [1.29, 1.82) is 0 Å². The van der Waals surface area contributed by atoms with Gasteiger partial charge in [-0.25, -0.2) is 0 Å². The van der Waals surface area contributed by atoms with Gasteiger partial charge in [0.15, 0.2) is 0 Å². The van der Waals surface area contributed by atoms with Crippen LogP contribution < -0.4 is 0 Å². The summed E-state index contributed by atoms with van der Waals surface area (Å²) in [5, 5.41) is 0. The molecule has 1 rings (SSSR count). The fraction of sp³-hybridized carbons (Fsp3) is 0.750. The van der Waals surface area contributed by atoms with Gasteiger partial charge in [0.25, 0.3) is 0 Å². The molecule has 1 aliphatic heterocycles. The second kappa shape index (κ2) is 4.74. The van der Waals surface area contributed by atoms with Crippen molar-refractivity contribution in [2.45, 2.75) is 25.7 Å². The second-order valence-electron chi connectivity index (χ2n) is 2.65. The lowest BCUT2D eigenvalue weighted by Crippen LogP contribution is -2.13. The number of esters is 2. The summed E-state index contributed by atoms with van der Waals surface area (Å²) >= 11 is 0. The Morgan fingerprint density at radius 2 is 1.33 bits per heavy atom. The average molecular weight is 172 g/mol. The quantitative estimate of drug-likeness (QED) is 0.503. The SMILES string of the molecule is O=C1CCCC(=O)OCCCO1. The molecule has 1 fully saturated rings. The van der Waals surface area contributed by atoms with Gasteiger partial charge in [-0.15, -0.1) is 0 Å². The standard InChI is InChI=1S/C8H12O4/c9-7-3-1-4-8(10)12-6-2-5-11-7/h1-6H2. The summed E-state index contributed by atoms with van der Waals surface area (Å²) in [7, 11) is 0. The average Bonchev–Trinajstić information content (AvgIpc) is 2.04. The molecule has 0 amide bonds. The van der Waals surface area contributed by atoms with Crippen LogP contribution in [0.25, 0.3) is 0 Å². The first-order valence-electron chi connectivity index (χ1n) is 4.10. The normalized spacial score (nSPS) is 21.0. The zero-order valence-electron chi connectivity index (χ0n) is 6.88. The van der Waals surface area contributed by atoms with Gasteiger partial charge in [-0.05, 0) is 6.42 Å². The first-order valence-corrected chi connectivity index (χ1v) is 4.10. The van der Waals surface area contributed by atoms with Gasteiger partial charge >= 0.3 is 11.9 Å². The highest BCUT2D eigenvalue weighted by Crippen LogP contribution is 2.02. The predicted octanol–water partition coefficient (Wildman–Crippen LogP) is 0.647. The van der Waals surface area contributed by atoms with E-state index in [9.17, 15) is 9.59 Å². The maximum absolute atomic E-state index is 10.8. The molecule has 0 aromatic heterocycles. The van der Waals surface area contributed by atoms with Crippen molar-refractivity contribution in [2.24, 2.45) is 0 Å². The zero-order chi connectivity index (χ0) is 8.81. The fourth-order valence-corrected chi connectivity index (χ4v) is 0.952. The number of cyclic esters (lactones) is 2. The Hall–Kier alpha value is -1.06. The highest BCUT2D eigenvalue weighted by molar-refractivity contribution is 5.72. The molecule has 0 atom stereocenters. The highest BCUT2D eigenvalue weighted by Gasteiger charge is 2.09. The summed E-state index contributed by atoms with van der Waals surface area (Å²) in [4.78, 5) is 21.7. The molecule has 0 bridgehead atoms. The molecular formula is C8H12O4. The van der Waals surface area contributed by atoms with E-state index in [1.807, 2.05) is 0 Å². The Bertz CT molecular complexity index is 158. The van der Waals surface area contributed by atoms with Crippen LogP contribution in [-0.4, -0.2) is 25.2 Å². The van der Waals surface area contributed by atoms with E-state index in [0.29, 0.717) is 38.9 Å². The fourth-order valence-electron chi connectivity index (χ4n) is 0.952. The second-order valence-corrected chi connectivity index (χ2v) is 2.65. The lowest BCUT2D eigenvalue weighted by molar-refractivity contribution is -0.149. The van der Waals surface area contributed by atoms with Crippen molar-refractivity contribution < 1.29 is 19.1 Å². The van der Waals surface area contributed by atoms with Crippen molar-refractivity contribution >= 4 is 11.9 Å². The maximum Gasteiger partial charge on any atom is 0.305 e. The number of carbonyl (C=O) groups excluding carboxylic acids is 2. The molecule has 0 N–H and O–H groups in total. The van der Waals surface area contributed by atoms with E-state index in [2.05, 4.69) is 0 Å². The number of rotatable bonds is 0. The molecular weight excluding hydrogens is 160 g/mol. The van der Waals surface area contributed by atoms with Gasteiger partial charge in [0.1, 0.15) is 0 Å². The molecule has 0 spiro atoms. The molecule has 4 nitrogen and oxygen atoms in total.